The van der Waals surface area contributed by atoms with Gasteiger partial charge in [0.05, 0.1) is 11.5 Å². The molecular formula is C14H14F3NO3. The Kier molecular flexibility index (Phi) is 4.20. The summed E-state index contributed by atoms with van der Waals surface area (Å²) < 4.78 is 37.2. The number of carboxylic acid groups (broad SMARTS) is 1. The molecule has 1 aliphatic rings. The topological polar surface area (TPSA) is 66.4 Å². The number of aliphatic carboxylic acids is 1. The Hall–Kier alpha value is -2.05. The van der Waals surface area contributed by atoms with Gasteiger partial charge in [-0.1, -0.05) is 0 Å². The quantitative estimate of drug-likeness (QED) is 0.901. The van der Waals surface area contributed by atoms with Crippen LogP contribution in [0.1, 0.15) is 24.8 Å². The fourth-order valence-corrected chi connectivity index (χ4v) is 2.43. The van der Waals surface area contributed by atoms with Crippen molar-refractivity contribution >= 4 is 17.6 Å². The summed E-state index contributed by atoms with van der Waals surface area (Å²) in [5.74, 6) is -2.19. The first-order chi connectivity index (χ1) is 9.77. The van der Waals surface area contributed by atoms with Gasteiger partial charge in [0.15, 0.2) is 0 Å². The van der Waals surface area contributed by atoms with Gasteiger partial charge in [0.1, 0.15) is 0 Å². The predicted molar refractivity (Wildman–Crippen MR) is 68.5 cm³/mol. The highest BCUT2D eigenvalue weighted by molar-refractivity contribution is 5.93. The van der Waals surface area contributed by atoms with Crippen LogP contribution in [0.5, 0.6) is 0 Å². The van der Waals surface area contributed by atoms with Crippen LogP contribution in [0.25, 0.3) is 0 Å². The maximum absolute atomic E-state index is 12.4. The van der Waals surface area contributed by atoms with Crippen molar-refractivity contribution < 1.29 is 27.9 Å². The van der Waals surface area contributed by atoms with Crippen LogP contribution < -0.4 is 5.32 Å². The van der Waals surface area contributed by atoms with E-state index in [1.165, 1.54) is 12.1 Å². The average Bonchev–Trinajstić information content (AvgIpc) is 2.88. The van der Waals surface area contributed by atoms with Gasteiger partial charge in [-0.2, -0.15) is 13.2 Å². The third-order valence-corrected chi connectivity index (χ3v) is 3.63. The minimum atomic E-state index is -4.41. The Morgan fingerprint density at radius 3 is 2.14 bits per heavy atom. The van der Waals surface area contributed by atoms with Crippen LogP contribution in [-0.2, 0) is 15.8 Å². The molecule has 1 saturated carbocycles. The van der Waals surface area contributed by atoms with E-state index in [2.05, 4.69) is 5.32 Å². The molecule has 4 nitrogen and oxygen atoms in total. The number of alkyl halides is 3. The summed E-state index contributed by atoms with van der Waals surface area (Å²) in [7, 11) is 0. The lowest BCUT2D eigenvalue weighted by Gasteiger charge is -2.12. The second kappa shape index (κ2) is 5.75. The molecule has 114 valence electrons. The first-order valence-corrected chi connectivity index (χ1v) is 6.48. The molecule has 0 saturated heterocycles. The molecule has 2 atom stereocenters. The number of anilines is 1. The molecule has 1 fully saturated rings. The Labute approximate surface area is 119 Å². The van der Waals surface area contributed by atoms with Gasteiger partial charge in [-0.15, -0.1) is 0 Å². The van der Waals surface area contributed by atoms with E-state index in [0.29, 0.717) is 12.8 Å². The van der Waals surface area contributed by atoms with Gasteiger partial charge in [0, 0.05) is 11.6 Å². The summed E-state index contributed by atoms with van der Waals surface area (Å²) in [5.41, 5.74) is -0.515. The monoisotopic (exact) mass is 301 g/mol. The molecule has 1 aromatic carbocycles. The number of rotatable bonds is 3. The first-order valence-electron chi connectivity index (χ1n) is 6.48. The second-order valence-corrected chi connectivity index (χ2v) is 5.11. The Balaban J connectivity index is 1.96. The maximum Gasteiger partial charge on any atom is 0.416 e. The highest BCUT2D eigenvalue weighted by atomic mass is 19.4. The van der Waals surface area contributed by atoms with E-state index in [4.69, 9.17) is 5.11 Å². The van der Waals surface area contributed by atoms with Gasteiger partial charge < -0.3 is 10.4 Å². The lowest BCUT2D eigenvalue weighted by Crippen LogP contribution is -2.21. The van der Waals surface area contributed by atoms with E-state index in [1.807, 2.05) is 0 Å². The molecule has 0 unspecified atom stereocenters. The van der Waals surface area contributed by atoms with Gasteiger partial charge >= 0.3 is 12.1 Å². The number of benzene rings is 1. The fraction of sp³-hybridized carbons (Fsp3) is 0.429. The molecule has 2 rings (SSSR count). The fourth-order valence-electron chi connectivity index (χ4n) is 2.43. The van der Waals surface area contributed by atoms with Gasteiger partial charge in [-0.25, -0.2) is 0 Å². The normalized spacial score (nSPS) is 22.0. The van der Waals surface area contributed by atoms with Gasteiger partial charge in [0.2, 0.25) is 5.91 Å². The molecule has 21 heavy (non-hydrogen) atoms. The van der Waals surface area contributed by atoms with Gasteiger partial charge in [0.25, 0.3) is 0 Å². The van der Waals surface area contributed by atoms with Crippen molar-refractivity contribution in [3.63, 3.8) is 0 Å². The van der Waals surface area contributed by atoms with Crippen molar-refractivity contribution in [3.8, 4) is 0 Å². The molecule has 0 spiro atoms. The number of nitrogens with one attached hydrogen (secondary N) is 1. The van der Waals surface area contributed by atoms with E-state index >= 15 is 0 Å². The minimum Gasteiger partial charge on any atom is -0.481 e. The van der Waals surface area contributed by atoms with Crippen molar-refractivity contribution in [1.82, 2.24) is 0 Å². The highest BCUT2D eigenvalue weighted by Gasteiger charge is 2.34. The average molecular weight is 301 g/mol. The number of carbonyl (C=O) groups excluding carboxylic acids is 1. The van der Waals surface area contributed by atoms with Crippen LogP contribution in [-0.4, -0.2) is 17.0 Å². The predicted octanol–water partition coefficient (Wildman–Crippen LogP) is 3.14. The largest absolute Gasteiger partial charge is 0.481 e. The number of hydrogen-bond donors (Lipinski definition) is 2. The zero-order valence-electron chi connectivity index (χ0n) is 11.0. The molecule has 7 heteroatoms. The van der Waals surface area contributed by atoms with Crippen molar-refractivity contribution in [1.29, 1.82) is 0 Å². The standard InChI is InChI=1S/C14H14F3NO3/c15-14(16,17)10-3-5-11(6-4-10)18-12(19)8-1-2-9(7-8)13(20)21/h3-6,8-9H,1-2,7H2,(H,18,19)(H,20,21)/t8-,9+/m1/s1. The number of halogens is 3. The summed E-state index contributed by atoms with van der Waals surface area (Å²) in [6.45, 7) is 0. The van der Waals surface area contributed by atoms with Crippen LogP contribution in [0, 0.1) is 11.8 Å². The molecule has 0 bridgehead atoms. The second-order valence-electron chi connectivity index (χ2n) is 5.11. The summed E-state index contributed by atoms with van der Waals surface area (Å²) in [4.78, 5) is 22.8. The van der Waals surface area contributed by atoms with Gasteiger partial charge in [-0.05, 0) is 43.5 Å². The molecule has 0 radical (unpaired) electrons. The van der Waals surface area contributed by atoms with Crippen LogP contribution in [0.2, 0.25) is 0 Å². The molecule has 0 aromatic heterocycles. The molecule has 1 aromatic rings. The lowest BCUT2D eigenvalue weighted by atomic mass is 10.0. The van der Waals surface area contributed by atoms with Gasteiger partial charge in [-0.3, -0.25) is 9.59 Å². The molecule has 1 amide bonds. The third-order valence-electron chi connectivity index (χ3n) is 3.63. The van der Waals surface area contributed by atoms with Crippen LogP contribution in [0.4, 0.5) is 18.9 Å². The first kappa shape index (κ1) is 15.3. The molecule has 2 N–H and O–H groups in total. The van der Waals surface area contributed by atoms with E-state index in [-0.39, 0.29) is 18.0 Å². The van der Waals surface area contributed by atoms with Crippen LogP contribution in [0.3, 0.4) is 0 Å². The van der Waals surface area contributed by atoms with Crippen molar-refractivity contribution in [3.05, 3.63) is 29.8 Å². The van der Waals surface area contributed by atoms with Crippen molar-refractivity contribution in [2.75, 3.05) is 5.32 Å². The maximum atomic E-state index is 12.4. The lowest BCUT2D eigenvalue weighted by molar-refractivity contribution is -0.141. The van der Waals surface area contributed by atoms with E-state index in [1.54, 1.807) is 0 Å². The number of carboxylic acids is 1. The molecule has 0 heterocycles. The Bertz CT molecular complexity index is 539. The molecular weight excluding hydrogens is 287 g/mol. The third kappa shape index (κ3) is 3.74. The van der Waals surface area contributed by atoms with Crippen LogP contribution >= 0.6 is 0 Å². The molecule has 0 aliphatic heterocycles. The van der Waals surface area contributed by atoms with Crippen LogP contribution in [0.15, 0.2) is 24.3 Å². The van der Waals surface area contributed by atoms with E-state index < -0.39 is 29.5 Å². The summed E-state index contributed by atoms with van der Waals surface area (Å²) in [6, 6.07) is 4.16. The van der Waals surface area contributed by atoms with Crippen molar-refractivity contribution in [2.24, 2.45) is 11.8 Å². The summed E-state index contributed by atoms with van der Waals surface area (Å²) in [5, 5.41) is 11.4. The Morgan fingerprint density at radius 1 is 1.10 bits per heavy atom. The highest BCUT2D eigenvalue weighted by Crippen LogP contribution is 2.33. The zero-order chi connectivity index (χ0) is 15.6. The van der Waals surface area contributed by atoms with Crippen molar-refractivity contribution in [2.45, 2.75) is 25.4 Å². The SMILES string of the molecule is O=C(O)[C@H]1CC[C@@H](C(=O)Nc2ccc(C(F)(F)F)cc2)C1. The number of hydrogen-bond acceptors (Lipinski definition) is 2. The smallest absolute Gasteiger partial charge is 0.416 e. The summed E-state index contributed by atoms with van der Waals surface area (Å²) in [6.07, 6.45) is -3.23. The summed E-state index contributed by atoms with van der Waals surface area (Å²) >= 11 is 0. The van der Waals surface area contributed by atoms with E-state index in [0.717, 1.165) is 12.1 Å². The molecule has 1 aliphatic carbocycles. The van der Waals surface area contributed by atoms with E-state index in [9.17, 15) is 22.8 Å². The number of amides is 1. The Morgan fingerprint density at radius 2 is 1.67 bits per heavy atom. The zero-order valence-corrected chi connectivity index (χ0v) is 11.0. The number of carbonyl (C=O) groups is 2. The minimum absolute atomic E-state index is 0.266.